The third-order valence-electron chi connectivity index (χ3n) is 3.44. The topological polar surface area (TPSA) is 56.7 Å². The van der Waals surface area contributed by atoms with Crippen LogP contribution in [0, 0.1) is 6.92 Å². The molecule has 1 heterocycles. The highest BCUT2D eigenvalue weighted by Gasteiger charge is 2.11. The van der Waals surface area contributed by atoms with Crippen LogP contribution in [0.25, 0.3) is 11.4 Å². The van der Waals surface area contributed by atoms with Crippen molar-refractivity contribution in [3.05, 3.63) is 65.7 Å². The largest absolute Gasteiger partial charge is 0.335 e. The lowest BCUT2D eigenvalue weighted by Gasteiger charge is -2.04. The lowest BCUT2D eigenvalue weighted by molar-refractivity contribution is 0.849. The van der Waals surface area contributed by atoms with E-state index in [1.54, 1.807) is 16.4 Å². The molecule has 0 amide bonds. The smallest absolute Gasteiger partial charge is 0.210 e. The van der Waals surface area contributed by atoms with E-state index in [2.05, 4.69) is 41.4 Å². The quantitative estimate of drug-likeness (QED) is 0.580. The second-order valence-electron chi connectivity index (χ2n) is 5.13. The van der Waals surface area contributed by atoms with Gasteiger partial charge in [-0.15, -0.1) is 10.2 Å². The van der Waals surface area contributed by atoms with Gasteiger partial charge in [0.15, 0.2) is 5.82 Å². The highest BCUT2D eigenvalue weighted by molar-refractivity contribution is 7.99. The van der Waals surface area contributed by atoms with Crippen molar-refractivity contribution in [2.75, 3.05) is 11.6 Å². The Kier molecular flexibility index (Phi) is 4.44. The van der Waals surface area contributed by atoms with Gasteiger partial charge >= 0.3 is 0 Å². The second-order valence-corrected chi connectivity index (χ2v) is 6.19. The summed E-state index contributed by atoms with van der Waals surface area (Å²) in [5, 5.41) is 9.15. The number of aryl methyl sites for hydroxylation is 2. The first kappa shape index (κ1) is 14.7. The van der Waals surface area contributed by atoms with Crippen LogP contribution in [-0.2, 0) is 6.42 Å². The molecular formula is C17H18N4S. The third kappa shape index (κ3) is 3.31. The molecule has 3 aromatic rings. The van der Waals surface area contributed by atoms with Gasteiger partial charge in [0.2, 0.25) is 5.16 Å². The number of hydrogen-bond acceptors (Lipinski definition) is 4. The lowest BCUT2D eigenvalue weighted by Crippen LogP contribution is -2.11. The van der Waals surface area contributed by atoms with E-state index in [0.29, 0.717) is 5.82 Å². The normalized spacial score (nSPS) is 10.8. The van der Waals surface area contributed by atoms with Crippen LogP contribution in [0.1, 0.15) is 11.1 Å². The van der Waals surface area contributed by atoms with Crippen molar-refractivity contribution in [2.24, 2.45) is 0 Å². The molecule has 0 radical (unpaired) electrons. The van der Waals surface area contributed by atoms with E-state index in [1.807, 2.05) is 30.3 Å². The average molecular weight is 310 g/mol. The van der Waals surface area contributed by atoms with Crippen LogP contribution in [0.5, 0.6) is 0 Å². The summed E-state index contributed by atoms with van der Waals surface area (Å²) >= 11 is 1.62. The Morgan fingerprint density at radius 3 is 2.45 bits per heavy atom. The van der Waals surface area contributed by atoms with Crippen LogP contribution in [0.3, 0.4) is 0 Å². The maximum Gasteiger partial charge on any atom is 0.210 e. The van der Waals surface area contributed by atoms with Crippen LogP contribution >= 0.6 is 11.8 Å². The maximum absolute atomic E-state index is 6.12. The zero-order valence-electron chi connectivity index (χ0n) is 12.4. The standard InChI is InChI=1S/C17H18N4S/c1-13-7-9-15(10-8-13)16-19-20-17(21(16)18)22-12-11-14-5-3-2-4-6-14/h2-10H,11-12,18H2,1H3. The zero-order chi connectivity index (χ0) is 15.4. The van der Waals surface area contributed by atoms with E-state index in [0.717, 1.165) is 22.9 Å². The third-order valence-corrected chi connectivity index (χ3v) is 4.38. The van der Waals surface area contributed by atoms with Crippen LogP contribution in [0.4, 0.5) is 0 Å². The van der Waals surface area contributed by atoms with Crippen molar-refractivity contribution in [3.8, 4) is 11.4 Å². The number of nitrogens with two attached hydrogens (primary N) is 1. The predicted molar refractivity (Wildman–Crippen MR) is 91.2 cm³/mol. The van der Waals surface area contributed by atoms with Crippen molar-refractivity contribution in [3.63, 3.8) is 0 Å². The van der Waals surface area contributed by atoms with Crippen LogP contribution < -0.4 is 5.84 Å². The van der Waals surface area contributed by atoms with Crippen molar-refractivity contribution in [2.45, 2.75) is 18.5 Å². The summed E-state index contributed by atoms with van der Waals surface area (Å²) in [7, 11) is 0. The first-order chi connectivity index (χ1) is 10.7. The first-order valence-electron chi connectivity index (χ1n) is 7.18. The fourth-order valence-corrected chi connectivity index (χ4v) is 3.02. The van der Waals surface area contributed by atoms with E-state index in [1.165, 1.54) is 11.1 Å². The molecule has 0 fully saturated rings. The van der Waals surface area contributed by atoms with Gasteiger partial charge in [-0.05, 0) is 18.9 Å². The summed E-state index contributed by atoms with van der Waals surface area (Å²) in [6.45, 7) is 2.06. The Morgan fingerprint density at radius 2 is 1.73 bits per heavy atom. The van der Waals surface area contributed by atoms with Gasteiger partial charge in [-0.2, -0.15) is 0 Å². The highest BCUT2D eigenvalue weighted by Crippen LogP contribution is 2.22. The summed E-state index contributed by atoms with van der Waals surface area (Å²) in [6, 6.07) is 18.5. The molecule has 0 saturated carbocycles. The average Bonchev–Trinajstić information content (AvgIpc) is 2.90. The molecule has 5 heteroatoms. The molecule has 0 aliphatic rings. The van der Waals surface area contributed by atoms with E-state index in [4.69, 9.17) is 5.84 Å². The molecule has 4 nitrogen and oxygen atoms in total. The Hall–Kier alpha value is -2.27. The van der Waals surface area contributed by atoms with Gasteiger partial charge in [-0.3, -0.25) is 0 Å². The van der Waals surface area contributed by atoms with Gasteiger partial charge < -0.3 is 5.84 Å². The number of thioether (sulfide) groups is 1. The van der Waals surface area contributed by atoms with E-state index < -0.39 is 0 Å². The molecule has 0 saturated heterocycles. The Labute approximate surface area is 134 Å². The van der Waals surface area contributed by atoms with E-state index in [9.17, 15) is 0 Å². The molecule has 1 aromatic heterocycles. The minimum absolute atomic E-state index is 0.696. The molecule has 112 valence electrons. The molecule has 0 atom stereocenters. The molecule has 3 rings (SSSR count). The van der Waals surface area contributed by atoms with Gasteiger partial charge in [0.05, 0.1) is 0 Å². The fourth-order valence-electron chi connectivity index (χ4n) is 2.18. The van der Waals surface area contributed by atoms with Crippen molar-refractivity contribution in [1.29, 1.82) is 0 Å². The van der Waals surface area contributed by atoms with Gasteiger partial charge in [0.1, 0.15) is 0 Å². The Balaban J connectivity index is 1.67. The Bertz CT molecular complexity index is 735. The van der Waals surface area contributed by atoms with E-state index >= 15 is 0 Å². The molecule has 22 heavy (non-hydrogen) atoms. The summed E-state index contributed by atoms with van der Waals surface area (Å²) in [5.41, 5.74) is 3.51. The predicted octanol–water partition coefficient (Wildman–Crippen LogP) is 3.30. The van der Waals surface area contributed by atoms with Crippen molar-refractivity contribution >= 4 is 11.8 Å². The minimum Gasteiger partial charge on any atom is -0.335 e. The molecule has 0 unspecified atom stereocenters. The monoisotopic (exact) mass is 310 g/mol. The van der Waals surface area contributed by atoms with Crippen LogP contribution in [0.2, 0.25) is 0 Å². The van der Waals surface area contributed by atoms with Gasteiger partial charge in [-0.25, -0.2) is 4.68 Å². The molecule has 0 bridgehead atoms. The van der Waals surface area contributed by atoms with Gasteiger partial charge in [0.25, 0.3) is 0 Å². The number of hydrogen-bond donors (Lipinski definition) is 1. The molecule has 0 aliphatic carbocycles. The number of benzene rings is 2. The summed E-state index contributed by atoms with van der Waals surface area (Å²) in [6.07, 6.45) is 0.984. The first-order valence-corrected chi connectivity index (χ1v) is 8.17. The summed E-state index contributed by atoms with van der Waals surface area (Å²) in [5.74, 6) is 7.74. The minimum atomic E-state index is 0.696. The second kappa shape index (κ2) is 6.66. The number of nitrogen functional groups attached to an aromatic ring is 1. The number of rotatable bonds is 5. The van der Waals surface area contributed by atoms with Crippen LogP contribution in [-0.4, -0.2) is 20.6 Å². The zero-order valence-corrected chi connectivity index (χ0v) is 13.3. The van der Waals surface area contributed by atoms with Gasteiger partial charge in [-0.1, -0.05) is 71.9 Å². The maximum atomic E-state index is 6.12. The lowest BCUT2D eigenvalue weighted by atomic mass is 10.1. The number of aromatic nitrogens is 3. The van der Waals surface area contributed by atoms with Crippen molar-refractivity contribution < 1.29 is 0 Å². The highest BCUT2D eigenvalue weighted by atomic mass is 32.2. The summed E-state index contributed by atoms with van der Waals surface area (Å²) in [4.78, 5) is 0. The molecular weight excluding hydrogens is 292 g/mol. The molecule has 2 N–H and O–H groups in total. The molecule has 2 aromatic carbocycles. The van der Waals surface area contributed by atoms with Crippen LogP contribution in [0.15, 0.2) is 59.8 Å². The number of nitrogens with zero attached hydrogens (tertiary/aromatic N) is 3. The van der Waals surface area contributed by atoms with Gasteiger partial charge in [0, 0.05) is 11.3 Å². The van der Waals surface area contributed by atoms with Crippen molar-refractivity contribution in [1.82, 2.24) is 14.9 Å². The van der Waals surface area contributed by atoms with E-state index in [-0.39, 0.29) is 0 Å². The SMILES string of the molecule is Cc1ccc(-c2nnc(SCCc3ccccc3)n2N)cc1. The summed E-state index contributed by atoms with van der Waals surface area (Å²) < 4.78 is 1.57. The Morgan fingerprint density at radius 1 is 1.00 bits per heavy atom. The molecule has 0 aliphatic heterocycles. The fraction of sp³-hybridized carbons (Fsp3) is 0.176. The molecule has 0 spiro atoms.